The van der Waals surface area contributed by atoms with E-state index >= 15 is 0 Å². The molecule has 1 saturated heterocycles. The van der Waals surface area contributed by atoms with Crippen molar-refractivity contribution in [3.8, 4) is 0 Å². The van der Waals surface area contributed by atoms with E-state index in [-0.39, 0.29) is 29.4 Å². The maximum Gasteiger partial charge on any atom is 0.164 e. The van der Waals surface area contributed by atoms with Gasteiger partial charge in [-0.25, -0.2) is 8.42 Å². The second kappa shape index (κ2) is 7.95. The average molecular weight is 469 g/mol. The summed E-state index contributed by atoms with van der Waals surface area (Å²) in [6.45, 7) is 1.51. The number of aliphatic imine (C=N–C) groups is 1. The Hall–Kier alpha value is -1.54. The van der Waals surface area contributed by atoms with Crippen molar-refractivity contribution >= 4 is 61.4 Å². The van der Waals surface area contributed by atoms with Crippen molar-refractivity contribution in [3.63, 3.8) is 0 Å². The number of anilines is 1. The topological polar surface area (TPSA) is 66.8 Å². The van der Waals surface area contributed by atoms with E-state index in [2.05, 4.69) is 0 Å². The Morgan fingerprint density at radius 1 is 1.21 bits per heavy atom. The molecule has 0 unspecified atom stereocenters. The van der Waals surface area contributed by atoms with Gasteiger partial charge in [-0.05, 0) is 36.8 Å². The van der Waals surface area contributed by atoms with E-state index in [9.17, 15) is 13.2 Å². The van der Waals surface area contributed by atoms with Crippen LogP contribution < -0.4 is 4.90 Å². The Morgan fingerprint density at radius 3 is 2.72 bits per heavy atom. The second-order valence-electron chi connectivity index (χ2n) is 7.12. The number of hydrogen-bond donors (Lipinski definition) is 0. The molecule has 5 nitrogen and oxygen atoms in total. The number of nitrogens with zero attached hydrogens (tertiary/aromatic N) is 2. The van der Waals surface area contributed by atoms with Crippen molar-refractivity contribution in [1.82, 2.24) is 0 Å². The Bertz CT molecular complexity index is 1120. The van der Waals surface area contributed by atoms with E-state index in [4.69, 9.17) is 28.2 Å². The number of sulfone groups is 1. The van der Waals surface area contributed by atoms with E-state index < -0.39 is 9.84 Å². The summed E-state index contributed by atoms with van der Waals surface area (Å²) in [4.78, 5) is 18.5. The van der Waals surface area contributed by atoms with E-state index in [0.717, 1.165) is 16.4 Å². The van der Waals surface area contributed by atoms with Gasteiger partial charge >= 0.3 is 0 Å². The van der Waals surface area contributed by atoms with Crippen LogP contribution in [0.25, 0.3) is 0 Å². The van der Waals surface area contributed by atoms with Crippen molar-refractivity contribution in [2.45, 2.75) is 24.8 Å². The van der Waals surface area contributed by atoms with Gasteiger partial charge in [0.15, 0.2) is 20.8 Å². The lowest BCUT2D eigenvalue weighted by Gasteiger charge is -2.27. The molecule has 152 valence electrons. The monoisotopic (exact) mass is 468 g/mol. The van der Waals surface area contributed by atoms with Gasteiger partial charge in [-0.15, -0.1) is 0 Å². The molecule has 0 spiro atoms. The fraction of sp³-hybridized carbons (Fsp3) is 0.300. The highest BCUT2D eigenvalue weighted by molar-refractivity contribution is 8.13. The molecule has 0 amide bonds. The number of ketones is 1. The van der Waals surface area contributed by atoms with E-state index in [1.807, 2.05) is 17.0 Å². The standard InChI is InChI=1S/C20H18Cl2N2O3S2/c1-12(25)13-3-2-4-16(7-13)24-19-11-29(26,27)10-18(19)23-20(24)28-9-14-5-6-15(21)8-17(14)22/h2-8,18-19H,9-11H2,1H3/t18-,19-/m0/s1. The number of halogens is 2. The minimum Gasteiger partial charge on any atom is -0.315 e. The third-order valence-corrected chi connectivity index (χ3v) is 8.31. The fourth-order valence-electron chi connectivity index (χ4n) is 3.59. The fourth-order valence-corrected chi connectivity index (χ4v) is 7.12. The minimum atomic E-state index is -3.14. The summed E-state index contributed by atoms with van der Waals surface area (Å²) in [6.07, 6.45) is 0. The van der Waals surface area contributed by atoms with Gasteiger partial charge < -0.3 is 4.90 Å². The number of hydrogen-bond acceptors (Lipinski definition) is 6. The van der Waals surface area contributed by atoms with Crippen LogP contribution in [0, 0.1) is 0 Å². The zero-order valence-electron chi connectivity index (χ0n) is 15.5. The molecule has 29 heavy (non-hydrogen) atoms. The first-order chi connectivity index (χ1) is 13.7. The van der Waals surface area contributed by atoms with Gasteiger partial charge in [-0.2, -0.15) is 0 Å². The lowest BCUT2D eigenvalue weighted by atomic mass is 10.1. The quantitative estimate of drug-likeness (QED) is 0.619. The van der Waals surface area contributed by atoms with Gasteiger partial charge in [0.05, 0.1) is 23.6 Å². The molecule has 1 fully saturated rings. The predicted octanol–water partition coefficient (Wildman–Crippen LogP) is 4.47. The number of rotatable bonds is 4. The van der Waals surface area contributed by atoms with Crippen molar-refractivity contribution < 1.29 is 13.2 Å². The molecule has 2 aromatic rings. The van der Waals surface area contributed by atoms with Gasteiger partial charge in [0, 0.05) is 27.0 Å². The third kappa shape index (κ3) is 4.33. The first kappa shape index (κ1) is 20.7. The molecule has 2 aliphatic heterocycles. The molecular formula is C20H18Cl2N2O3S2. The van der Waals surface area contributed by atoms with Gasteiger partial charge in [0.2, 0.25) is 0 Å². The molecule has 9 heteroatoms. The highest BCUT2D eigenvalue weighted by Gasteiger charge is 2.47. The van der Waals surface area contributed by atoms with Crippen LogP contribution in [0.15, 0.2) is 47.5 Å². The van der Waals surface area contributed by atoms with Crippen molar-refractivity contribution in [2.24, 2.45) is 4.99 Å². The molecule has 0 aromatic heterocycles. The molecule has 2 heterocycles. The van der Waals surface area contributed by atoms with Crippen LogP contribution in [0.4, 0.5) is 5.69 Å². The van der Waals surface area contributed by atoms with Crippen LogP contribution in [0.2, 0.25) is 10.0 Å². The number of thioether (sulfide) groups is 1. The molecule has 0 aliphatic carbocycles. The molecule has 0 N–H and O–H groups in total. The van der Waals surface area contributed by atoms with Crippen LogP contribution in [-0.4, -0.2) is 43.0 Å². The second-order valence-corrected chi connectivity index (χ2v) is 11.1. The molecule has 2 aliphatic rings. The van der Waals surface area contributed by atoms with Crippen LogP contribution >= 0.6 is 35.0 Å². The average Bonchev–Trinajstić information content (AvgIpc) is 3.12. The van der Waals surface area contributed by atoms with E-state index in [1.54, 1.807) is 30.3 Å². The Kier molecular flexibility index (Phi) is 5.68. The summed E-state index contributed by atoms with van der Waals surface area (Å²) in [6, 6.07) is 12.0. The molecule has 0 saturated carbocycles. The summed E-state index contributed by atoms with van der Waals surface area (Å²) in [5.74, 6) is 0.633. The molecule has 0 radical (unpaired) electrons. The summed E-state index contributed by atoms with van der Waals surface area (Å²) in [5.41, 5.74) is 2.28. The van der Waals surface area contributed by atoms with Gasteiger partial charge in [-0.1, -0.05) is 53.2 Å². The Morgan fingerprint density at radius 2 is 2.00 bits per heavy atom. The predicted molar refractivity (Wildman–Crippen MR) is 120 cm³/mol. The van der Waals surface area contributed by atoms with Crippen LogP contribution in [-0.2, 0) is 15.6 Å². The maximum atomic E-state index is 12.2. The molecule has 0 bridgehead atoms. The number of carbonyl (C=O) groups excluding carboxylic acids is 1. The third-order valence-electron chi connectivity index (χ3n) is 5.01. The van der Waals surface area contributed by atoms with Crippen LogP contribution in [0.1, 0.15) is 22.8 Å². The summed E-state index contributed by atoms with van der Waals surface area (Å²) in [5, 5.41) is 1.89. The zero-order chi connectivity index (χ0) is 20.8. The Labute approximate surface area is 184 Å². The molecule has 2 aromatic carbocycles. The summed E-state index contributed by atoms with van der Waals surface area (Å²) in [7, 11) is -3.14. The normalized spacial score (nSPS) is 22.4. The summed E-state index contributed by atoms with van der Waals surface area (Å²) >= 11 is 13.8. The SMILES string of the molecule is CC(=O)c1cccc(N2C(SCc3ccc(Cl)cc3Cl)=N[C@H]3CS(=O)(=O)C[C@@H]32)c1. The number of benzene rings is 2. The van der Waals surface area contributed by atoms with Crippen LogP contribution in [0.3, 0.4) is 0 Å². The number of amidine groups is 1. The van der Waals surface area contributed by atoms with Gasteiger partial charge in [0.1, 0.15) is 0 Å². The molecule has 2 atom stereocenters. The lowest BCUT2D eigenvalue weighted by molar-refractivity contribution is 0.101. The van der Waals surface area contributed by atoms with E-state index in [1.165, 1.54) is 18.7 Å². The minimum absolute atomic E-state index is 0.0410. The van der Waals surface area contributed by atoms with Crippen molar-refractivity contribution in [3.05, 3.63) is 63.6 Å². The van der Waals surface area contributed by atoms with Gasteiger partial charge in [0.25, 0.3) is 0 Å². The van der Waals surface area contributed by atoms with E-state index in [0.29, 0.717) is 21.4 Å². The van der Waals surface area contributed by atoms with Crippen LogP contribution in [0.5, 0.6) is 0 Å². The lowest BCUT2D eigenvalue weighted by Crippen LogP contribution is -2.39. The smallest absolute Gasteiger partial charge is 0.164 e. The first-order valence-corrected chi connectivity index (χ1v) is 12.5. The van der Waals surface area contributed by atoms with Crippen molar-refractivity contribution in [2.75, 3.05) is 16.4 Å². The highest BCUT2D eigenvalue weighted by Crippen LogP contribution is 2.37. The maximum absolute atomic E-state index is 12.2. The highest BCUT2D eigenvalue weighted by atomic mass is 35.5. The Balaban J connectivity index is 1.65. The van der Waals surface area contributed by atoms with Crippen molar-refractivity contribution in [1.29, 1.82) is 0 Å². The number of carbonyl (C=O) groups is 1. The van der Waals surface area contributed by atoms with Gasteiger partial charge in [-0.3, -0.25) is 9.79 Å². The zero-order valence-corrected chi connectivity index (χ0v) is 18.7. The summed E-state index contributed by atoms with van der Waals surface area (Å²) < 4.78 is 24.3. The largest absolute Gasteiger partial charge is 0.315 e. The first-order valence-electron chi connectivity index (χ1n) is 8.99. The number of Topliss-reactive ketones (excluding diaryl/α,β-unsaturated/α-hetero) is 1. The molecule has 4 rings (SSSR count). The number of fused-ring (bicyclic) bond motifs is 1. The molecular weight excluding hydrogens is 451 g/mol.